The maximum Gasteiger partial charge on any atom is 0.220 e. The quantitative estimate of drug-likeness (QED) is 0.164. The lowest BCUT2D eigenvalue weighted by molar-refractivity contribution is -0.253. The average molecular weight is 304 g/mol. The summed E-state index contributed by atoms with van der Waals surface area (Å²) in [4.78, 5) is 14.3. The fraction of sp³-hybridized carbons (Fsp3) is 0.909. The predicted molar refractivity (Wildman–Crippen MR) is 69.8 cm³/mol. The second kappa shape index (κ2) is 8.78. The molecule has 1 saturated heterocycles. The normalized spacial score (nSPS) is 32.3. The summed E-state index contributed by atoms with van der Waals surface area (Å²) in [5, 5.41) is 43.8. The van der Waals surface area contributed by atoms with E-state index in [0.717, 1.165) is 0 Å². The molecule has 10 heteroatoms. The lowest BCUT2D eigenvalue weighted by atomic mass is 9.97. The van der Waals surface area contributed by atoms with E-state index in [1.54, 1.807) is 0 Å². The van der Waals surface area contributed by atoms with Crippen LogP contribution in [0.3, 0.4) is 0 Å². The molecule has 0 aromatic rings. The number of carbonyl (C=O) groups excluding carboxylic acids is 1. The van der Waals surface area contributed by atoms with Gasteiger partial charge >= 0.3 is 0 Å². The molecule has 1 aliphatic rings. The number of ether oxygens (including phenoxy) is 1. The van der Waals surface area contributed by atoms with E-state index in [4.69, 9.17) is 15.4 Å². The van der Waals surface area contributed by atoms with Crippen LogP contribution in [0, 0.1) is 0 Å². The molecule has 0 saturated carbocycles. The molecule has 1 aliphatic heterocycles. The molecule has 1 fully saturated rings. The number of hydrogen-bond donors (Lipinski definition) is 5. The molecule has 1 heterocycles. The number of aliphatic hydroxyl groups is 4. The molecule has 10 nitrogen and oxygen atoms in total. The molecule has 0 spiro atoms. The Hall–Kier alpha value is -1.42. The number of amides is 1. The van der Waals surface area contributed by atoms with Crippen molar-refractivity contribution in [1.82, 2.24) is 5.32 Å². The Morgan fingerprint density at radius 1 is 1.29 bits per heavy atom. The third kappa shape index (κ3) is 5.12. The highest BCUT2D eigenvalue weighted by atomic mass is 16.6. The third-order valence-electron chi connectivity index (χ3n) is 3.20. The zero-order valence-corrected chi connectivity index (χ0v) is 11.4. The zero-order chi connectivity index (χ0) is 15.8. The number of unbranched alkanes of at least 4 members (excludes halogenated alkanes) is 1. The lowest BCUT2D eigenvalue weighted by Crippen LogP contribution is -2.64. The summed E-state index contributed by atoms with van der Waals surface area (Å²) in [6, 6.07) is -1.17. The molecule has 5 N–H and O–H groups in total. The molecule has 0 aromatic carbocycles. The van der Waals surface area contributed by atoms with Gasteiger partial charge in [-0.1, -0.05) is 5.11 Å². The van der Waals surface area contributed by atoms with Crippen molar-refractivity contribution < 1.29 is 30.0 Å². The minimum absolute atomic E-state index is 0.121. The second-order valence-electron chi connectivity index (χ2n) is 4.73. The topological polar surface area (TPSA) is 168 Å². The van der Waals surface area contributed by atoms with Crippen LogP contribution in [0.25, 0.3) is 10.4 Å². The third-order valence-corrected chi connectivity index (χ3v) is 3.20. The number of nitrogens with zero attached hydrogens (tertiary/aromatic N) is 3. The Morgan fingerprint density at radius 2 is 2.00 bits per heavy atom. The Balaban J connectivity index is 2.42. The first kappa shape index (κ1) is 17.6. The molecule has 0 aromatic heterocycles. The molecule has 1 rings (SSSR count). The molecular formula is C11H20N4O6. The zero-order valence-electron chi connectivity index (χ0n) is 11.4. The monoisotopic (exact) mass is 304 g/mol. The van der Waals surface area contributed by atoms with Crippen LogP contribution in [0.5, 0.6) is 0 Å². The molecule has 0 aliphatic carbocycles. The number of nitrogens with one attached hydrogen (secondary N) is 1. The summed E-state index contributed by atoms with van der Waals surface area (Å²) < 4.78 is 4.91. The van der Waals surface area contributed by atoms with Crippen molar-refractivity contribution in [2.24, 2.45) is 5.11 Å². The summed E-state index contributed by atoms with van der Waals surface area (Å²) in [5.74, 6) is -0.433. The Morgan fingerprint density at radius 3 is 2.62 bits per heavy atom. The van der Waals surface area contributed by atoms with Crippen molar-refractivity contribution in [3.63, 3.8) is 0 Å². The number of carbonyl (C=O) groups is 1. The highest BCUT2D eigenvalue weighted by molar-refractivity contribution is 5.76. The van der Waals surface area contributed by atoms with Crippen LogP contribution in [0.15, 0.2) is 5.11 Å². The molecule has 120 valence electrons. The highest BCUT2D eigenvalue weighted by Gasteiger charge is 2.44. The van der Waals surface area contributed by atoms with Gasteiger partial charge in [0.25, 0.3) is 0 Å². The standard InChI is InChI=1S/C11H20N4O6/c12-15-13-4-2-1-3-7(17)14-8-10(19)9(18)6(5-16)21-11(8)20/h6,8-11,16,18-20H,1-5H2,(H,14,17)/t6-,8-,9-,10-,11?/m1/s1. The number of rotatable bonds is 7. The highest BCUT2D eigenvalue weighted by Crippen LogP contribution is 2.19. The van der Waals surface area contributed by atoms with E-state index in [9.17, 15) is 20.1 Å². The number of aliphatic hydroxyl groups excluding tert-OH is 4. The smallest absolute Gasteiger partial charge is 0.220 e. The van der Waals surface area contributed by atoms with E-state index in [-0.39, 0.29) is 6.42 Å². The summed E-state index contributed by atoms with van der Waals surface area (Å²) in [6.07, 6.45) is -4.34. The molecular weight excluding hydrogens is 284 g/mol. The van der Waals surface area contributed by atoms with Crippen molar-refractivity contribution in [2.45, 2.75) is 49.9 Å². The number of azide groups is 1. The summed E-state index contributed by atoms with van der Waals surface area (Å²) in [5.41, 5.74) is 8.08. The van der Waals surface area contributed by atoms with Gasteiger partial charge in [0.2, 0.25) is 5.91 Å². The van der Waals surface area contributed by atoms with Crippen LogP contribution in [0.2, 0.25) is 0 Å². The van der Waals surface area contributed by atoms with Gasteiger partial charge in [0.05, 0.1) is 6.61 Å². The average Bonchev–Trinajstić information content (AvgIpc) is 2.47. The van der Waals surface area contributed by atoms with E-state index in [1.165, 1.54) is 0 Å². The predicted octanol–water partition coefficient (Wildman–Crippen LogP) is -1.62. The van der Waals surface area contributed by atoms with Crippen LogP contribution in [-0.2, 0) is 9.53 Å². The summed E-state index contributed by atoms with van der Waals surface area (Å²) in [7, 11) is 0. The Labute approximate surface area is 121 Å². The minimum Gasteiger partial charge on any atom is -0.394 e. The van der Waals surface area contributed by atoms with E-state index < -0.39 is 43.2 Å². The van der Waals surface area contributed by atoms with Gasteiger partial charge in [-0.3, -0.25) is 4.79 Å². The Bertz CT molecular complexity index is 389. The summed E-state index contributed by atoms with van der Waals surface area (Å²) >= 11 is 0. The fourth-order valence-electron chi connectivity index (χ4n) is 2.02. The van der Waals surface area contributed by atoms with Crippen LogP contribution < -0.4 is 5.32 Å². The van der Waals surface area contributed by atoms with E-state index >= 15 is 0 Å². The Kier molecular flexibility index (Phi) is 7.37. The van der Waals surface area contributed by atoms with Gasteiger partial charge in [0.1, 0.15) is 24.4 Å². The molecule has 5 atom stereocenters. The van der Waals surface area contributed by atoms with Gasteiger partial charge in [0, 0.05) is 17.9 Å². The minimum atomic E-state index is -1.52. The van der Waals surface area contributed by atoms with Crippen LogP contribution in [-0.4, -0.2) is 70.1 Å². The van der Waals surface area contributed by atoms with Crippen molar-refractivity contribution in [3.8, 4) is 0 Å². The van der Waals surface area contributed by atoms with E-state index in [0.29, 0.717) is 19.4 Å². The van der Waals surface area contributed by atoms with Crippen molar-refractivity contribution in [3.05, 3.63) is 10.4 Å². The van der Waals surface area contributed by atoms with Gasteiger partial charge in [-0.15, -0.1) is 0 Å². The molecule has 21 heavy (non-hydrogen) atoms. The molecule has 1 amide bonds. The van der Waals surface area contributed by atoms with E-state index in [1.807, 2.05) is 0 Å². The largest absolute Gasteiger partial charge is 0.394 e. The van der Waals surface area contributed by atoms with Gasteiger partial charge < -0.3 is 30.5 Å². The van der Waals surface area contributed by atoms with Gasteiger partial charge in [-0.2, -0.15) is 0 Å². The van der Waals surface area contributed by atoms with Gasteiger partial charge in [-0.05, 0) is 18.4 Å². The maximum atomic E-state index is 11.7. The fourth-order valence-corrected chi connectivity index (χ4v) is 2.02. The van der Waals surface area contributed by atoms with E-state index in [2.05, 4.69) is 15.3 Å². The van der Waals surface area contributed by atoms with Gasteiger partial charge in [-0.25, -0.2) is 0 Å². The van der Waals surface area contributed by atoms with Crippen LogP contribution in [0.1, 0.15) is 19.3 Å². The SMILES string of the molecule is [N-]=[N+]=NCCCCC(=O)N[C@H]1C(O)O[C@H](CO)[C@@H](O)[C@@H]1O. The van der Waals surface area contributed by atoms with Crippen molar-refractivity contribution >= 4 is 5.91 Å². The number of hydrogen-bond acceptors (Lipinski definition) is 7. The maximum absolute atomic E-state index is 11.7. The first-order chi connectivity index (χ1) is 10.0. The van der Waals surface area contributed by atoms with Crippen LogP contribution in [0.4, 0.5) is 0 Å². The van der Waals surface area contributed by atoms with Crippen LogP contribution >= 0.6 is 0 Å². The van der Waals surface area contributed by atoms with Gasteiger partial charge in [0.15, 0.2) is 6.29 Å². The molecule has 1 unspecified atom stereocenters. The lowest BCUT2D eigenvalue weighted by Gasteiger charge is -2.40. The first-order valence-electron chi connectivity index (χ1n) is 6.62. The first-order valence-corrected chi connectivity index (χ1v) is 6.62. The van der Waals surface area contributed by atoms with Crippen molar-refractivity contribution in [1.29, 1.82) is 0 Å². The van der Waals surface area contributed by atoms with Crippen molar-refractivity contribution in [2.75, 3.05) is 13.2 Å². The summed E-state index contributed by atoms with van der Waals surface area (Å²) in [6.45, 7) is -0.270. The molecule has 0 radical (unpaired) electrons. The second-order valence-corrected chi connectivity index (χ2v) is 4.73. The molecule has 0 bridgehead atoms.